The SMILES string of the molecule is O=C(Nc1cccc(Cl)c1)Nc1nc(Oc2ccccc2F)ns1. The predicted octanol–water partition coefficient (Wildman–Crippen LogP) is 4.77. The lowest BCUT2D eigenvalue weighted by Gasteiger charge is -2.05. The van der Waals surface area contributed by atoms with Crippen LogP contribution in [0.3, 0.4) is 0 Å². The van der Waals surface area contributed by atoms with E-state index in [1.165, 1.54) is 12.1 Å². The molecule has 2 amide bonds. The van der Waals surface area contributed by atoms with E-state index in [-0.39, 0.29) is 16.9 Å². The molecule has 6 nitrogen and oxygen atoms in total. The van der Waals surface area contributed by atoms with Gasteiger partial charge in [0.25, 0.3) is 0 Å². The van der Waals surface area contributed by atoms with Crippen molar-refractivity contribution in [2.24, 2.45) is 0 Å². The standard InChI is InChI=1S/C15H10ClFN4O2S/c16-9-4-3-5-10(8-9)18-13(22)19-15-20-14(21-24-15)23-12-7-2-1-6-11(12)17/h1-8H,(H2,18,19,20,21,22). The number of carbonyl (C=O) groups excluding carboxylic acids is 1. The van der Waals surface area contributed by atoms with Crippen molar-refractivity contribution < 1.29 is 13.9 Å². The summed E-state index contributed by atoms with van der Waals surface area (Å²) in [7, 11) is 0. The first-order valence-electron chi connectivity index (χ1n) is 6.70. The number of carbonyl (C=O) groups is 1. The molecule has 1 aromatic heterocycles. The molecule has 0 unspecified atom stereocenters. The van der Waals surface area contributed by atoms with E-state index in [1.807, 2.05) is 0 Å². The first-order valence-corrected chi connectivity index (χ1v) is 7.85. The number of rotatable bonds is 4. The number of aromatic nitrogens is 2. The first-order chi connectivity index (χ1) is 11.6. The van der Waals surface area contributed by atoms with Crippen molar-refractivity contribution in [3.8, 4) is 11.8 Å². The molecule has 24 heavy (non-hydrogen) atoms. The van der Waals surface area contributed by atoms with Gasteiger partial charge in [-0.3, -0.25) is 5.32 Å². The highest BCUT2D eigenvalue weighted by atomic mass is 35.5. The lowest BCUT2D eigenvalue weighted by molar-refractivity contribution is 0.262. The van der Waals surface area contributed by atoms with Gasteiger partial charge in [-0.15, -0.1) is 4.37 Å². The van der Waals surface area contributed by atoms with Crippen molar-refractivity contribution in [1.82, 2.24) is 9.36 Å². The second kappa shape index (κ2) is 7.24. The van der Waals surface area contributed by atoms with Gasteiger partial charge in [-0.1, -0.05) is 29.8 Å². The fourth-order valence-electron chi connectivity index (χ4n) is 1.75. The van der Waals surface area contributed by atoms with Crippen LogP contribution in [0.15, 0.2) is 48.5 Å². The minimum atomic E-state index is -0.527. The van der Waals surface area contributed by atoms with E-state index in [1.54, 1.807) is 36.4 Å². The molecule has 0 radical (unpaired) electrons. The highest BCUT2D eigenvalue weighted by Gasteiger charge is 2.11. The minimum Gasteiger partial charge on any atom is -0.420 e. The van der Waals surface area contributed by atoms with Crippen molar-refractivity contribution in [3.63, 3.8) is 0 Å². The maximum Gasteiger partial charge on any atom is 0.335 e. The molecule has 0 bridgehead atoms. The molecule has 0 atom stereocenters. The largest absolute Gasteiger partial charge is 0.420 e. The number of halogens is 2. The van der Waals surface area contributed by atoms with Gasteiger partial charge < -0.3 is 10.1 Å². The van der Waals surface area contributed by atoms with Gasteiger partial charge in [-0.2, -0.15) is 4.98 Å². The summed E-state index contributed by atoms with van der Waals surface area (Å²) in [6, 6.07) is 12.0. The second-order valence-corrected chi connectivity index (χ2v) is 5.69. The maximum absolute atomic E-state index is 13.5. The molecule has 0 aliphatic heterocycles. The molecule has 122 valence electrons. The van der Waals surface area contributed by atoms with Gasteiger partial charge >= 0.3 is 12.0 Å². The van der Waals surface area contributed by atoms with Crippen molar-refractivity contribution in [2.45, 2.75) is 0 Å². The zero-order chi connectivity index (χ0) is 16.9. The molecule has 1 heterocycles. The Hall–Kier alpha value is -2.71. The Morgan fingerprint density at radius 2 is 2.00 bits per heavy atom. The molecule has 0 aliphatic carbocycles. The summed E-state index contributed by atoms with van der Waals surface area (Å²) in [6.45, 7) is 0. The lowest BCUT2D eigenvalue weighted by Crippen LogP contribution is -2.19. The van der Waals surface area contributed by atoms with E-state index in [4.69, 9.17) is 16.3 Å². The van der Waals surface area contributed by atoms with E-state index in [2.05, 4.69) is 20.0 Å². The second-order valence-electron chi connectivity index (χ2n) is 4.50. The van der Waals surface area contributed by atoms with Crippen LogP contribution in [0.5, 0.6) is 11.8 Å². The van der Waals surface area contributed by atoms with Crippen LogP contribution >= 0.6 is 23.1 Å². The van der Waals surface area contributed by atoms with Crippen LogP contribution in [0.25, 0.3) is 0 Å². The highest BCUT2D eigenvalue weighted by molar-refractivity contribution is 7.10. The van der Waals surface area contributed by atoms with Crippen molar-refractivity contribution in [2.75, 3.05) is 10.6 Å². The predicted molar refractivity (Wildman–Crippen MR) is 90.5 cm³/mol. The molecule has 9 heteroatoms. The minimum absolute atomic E-state index is 0.00484. The molecule has 3 aromatic rings. The summed E-state index contributed by atoms with van der Waals surface area (Å²) >= 11 is 6.75. The summed E-state index contributed by atoms with van der Waals surface area (Å²) in [5.74, 6) is -0.522. The van der Waals surface area contributed by atoms with Gasteiger partial charge in [-0.25, -0.2) is 9.18 Å². The lowest BCUT2D eigenvalue weighted by atomic mass is 10.3. The summed E-state index contributed by atoms with van der Waals surface area (Å²) < 4.78 is 22.6. The Balaban J connectivity index is 1.61. The van der Waals surface area contributed by atoms with Crippen molar-refractivity contribution >= 4 is 40.0 Å². The van der Waals surface area contributed by atoms with Gasteiger partial charge in [0.15, 0.2) is 11.6 Å². The number of urea groups is 1. The normalized spacial score (nSPS) is 10.2. The zero-order valence-electron chi connectivity index (χ0n) is 12.0. The summed E-state index contributed by atoms with van der Waals surface area (Å²) in [4.78, 5) is 15.9. The molecule has 0 spiro atoms. The molecular weight excluding hydrogens is 355 g/mol. The topological polar surface area (TPSA) is 76.1 Å². The van der Waals surface area contributed by atoms with Gasteiger partial charge in [0.2, 0.25) is 5.13 Å². The molecule has 2 N–H and O–H groups in total. The van der Waals surface area contributed by atoms with E-state index >= 15 is 0 Å². The summed E-state index contributed by atoms with van der Waals surface area (Å²) in [5.41, 5.74) is 0.535. The Kier molecular flexibility index (Phi) is 4.88. The van der Waals surface area contributed by atoms with Gasteiger partial charge in [0.05, 0.1) is 0 Å². The Morgan fingerprint density at radius 1 is 1.17 bits per heavy atom. The molecule has 0 saturated heterocycles. The van der Waals surface area contributed by atoms with Crippen LogP contribution in [-0.2, 0) is 0 Å². The number of hydrogen-bond donors (Lipinski definition) is 2. The number of nitrogens with one attached hydrogen (secondary N) is 2. The highest BCUT2D eigenvalue weighted by Crippen LogP contribution is 2.24. The fraction of sp³-hybridized carbons (Fsp3) is 0. The van der Waals surface area contributed by atoms with Crippen LogP contribution in [0.1, 0.15) is 0 Å². The number of hydrogen-bond acceptors (Lipinski definition) is 5. The Morgan fingerprint density at radius 3 is 2.79 bits per heavy atom. The van der Waals surface area contributed by atoms with Crippen LogP contribution in [-0.4, -0.2) is 15.4 Å². The average Bonchev–Trinajstić information content (AvgIpc) is 2.96. The fourth-order valence-corrected chi connectivity index (χ4v) is 2.44. The maximum atomic E-state index is 13.5. The molecular formula is C15H10ClFN4O2S. The third kappa shape index (κ3) is 4.18. The summed E-state index contributed by atoms with van der Waals surface area (Å²) in [6.07, 6.45) is 0. The number of amides is 2. The van der Waals surface area contributed by atoms with Crippen LogP contribution in [0.4, 0.5) is 20.0 Å². The molecule has 0 saturated carbocycles. The van der Waals surface area contributed by atoms with Gasteiger partial charge in [0.1, 0.15) is 0 Å². The number of nitrogens with zero attached hydrogens (tertiary/aromatic N) is 2. The van der Waals surface area contributed by atoms with E-state index in [0.717, 1.165) is 11.5 Å². The first kappa shape index (κ1) is 16.2. The molecule has 0 aliphatic rings. The quantitative estimate of drug-likeness (QED) is 0.699. The number of benzene rings is 2. The molecule has 2 aromatic carbocycles. The third-order valence-corrected chi connectivity index (χ3v) is 3.60. The number of ether oxygens (including phenoxy) is 1. The van der Waals surface area contributed by atoms with Crippen molar-refractivity contribution in [1.29, 1.82) is 0 Å². The van der Waals surface area contributed by atoms with Crippen LogP contribution < -0.4 is 15.4 Å². The Labute approximate surface area is 145 Å². The number of anilines is 2. The number of para-hydroxylation sites is 1. The molecule has 0 fully saturated rings. The summed E-state index contributed by atoms with van der Waals surface area (Å²) in [5, 5.41) is 5.82. The van der Waals surface area contributed by atoms with E-state index in [9.17, 15) is 9.18 Å². The monoisotopic (exact) mass is 364 g/mol. The Bertz CT molecular complexity index is 874. The zero-order valence-corrected chi connectivity index (χ0v) is 13.6. The van der Waals surface area contributed by atoms with Gasteiger partial charge in [0, 0.05) is 22.2 Å². The molecule has 3 rings (SSSR count). The smallest absolute Gasteiger partial charge is 0.335 e. The van der Waals surface area contributed by atoms with Crippen molar-refractivity contribution in [3.05, 3.63) is 59.4 Å². The third-order valence-electron chi connectivity index (χ3n) is 2.75. The van der Waals surface area contributed by atoms with Crippen LogP contribution in [0, 0.1) is 5.82 Å². The van der Waals surface area contributed by atoms with Gasteiger partial charge in [-0.05, 0) is 30.3 Å². The van der Waals surface area contributed by atoms with Crippen LogP contribution in [0.2, 0.25) is 5.02 Å². The average molecular weight is 365 g/mol. The van der Waals surface area contributed by atoms with E-state index < -0.39 is 11.8 Å². The van der Waals surface area contributed by atoms with E-state index in [0.29, 0.717) is 10.7 Å².